The van der Waals surface area contributed by atoms with Crippen LogP contribution in [-0.2, 0) is 11.3 Å². The van der Waals surface area contributed by atoms with E-state index in [1.165, 1.54) is 12.3 Å². The first-order chi connectivity index (χ1) is 16.1. The van der Waals surface area contributed by atoms with Gasteiger partial charge in [-0.1, -0.05) is 24.3 Å². The first-order valence-electron chi connectivity index (χ1n) is 11.4. The van der Waals surface area contributed by atoms with Gasteiger partial charge in [0, 0.05) is 42.0 Å². The number of hydrogen-bond acceptors (Lipinski definition) is 5. The molecule has 1 aromatic heterocycles. The zero-order chi connectivity index (χ0) is 24.5. The molecular formula is C26H30FN3O4. The zero-order valence-corrected chi connectivity index (χ0v) is 19.7. The number of nitrogens with zero attached hydrogens (tertiary/aromatic N) is 1. The molecule has 180 valence electrons. The smallest absolute Gasteiger partial charge is 0.410 e. The molecule has 3 aromatic rings. The molecule has 1 saturated heterocycles. The summed E-state index contributed by atoms with van der Waals surface area (Å²) >= 11 is 0. The molecule has 1 fully saturated rings. The maximum absolute atomic E-state index is 13.8. The number of nitrogens with two attached hydrogens (primary N) is 1. The van der Waals surface area contributed by atoms with E-state index in [4.69, 9.17) is 14.9 Å². The number of ether oxygens (including phenoxy) is 1. The van der Waals surface area contributed by atoms with Crippen LogP contribution in [-0.4, -0.2) is 41.6 Å². The lowest BCUT2D eigenvalue weighted by molar-refractivity contribution is 0.0198. The zero-order valence-electron chi connectivity index (χ0n) is 19.7. The SMILES string of the molecule is CC(C)(C)OC(=O)N1CCC(NCc2ccc(-c3occ4cc(F)cc(C(N)=O)c34)cc2)CC1. The van der Waals surface area contributed by atoms with Crippen molar-refractivity contribution in [2.45, 2.75) is 51.8 Å². The third-order valence-electron chi connectivity index (χ3n) is 5.89. The molecule has 34 heavy (non-hydrogen) atoms. The van der Waals surface area contributed by atoms with Crippen molar-refractivity contribution in [3.05, 3.63) is 59.6 Å². The molecule has 0 radical (unpaired) electrons. The summed E-state index contributed by atoms with van der Waals surface area (Å²) in [5.41, 5.74) is 6.94. The van der Waals surface area contributed by atoms with Crippen molar-refractivity contribution in [3.8, 4) is 11.3 Å². The Balaban J connectivity index is 1.37. The van der Waals surface area contributed by atoms with E-state index in [1.54, 1.807) is 4.90 Å². The van der Waals surface area contributed by atoms with E-state index in [2.05, 4.69) is 5.32 Å². The van der Waals surface area contributed by atoms with E-state index >= 15 is 0 Å². The van der Waals surface area contributed by atoms with E-state index in [0.717, 1.165) is 30.0 Å². The minimum atomic E-state index is -0.703. The van der Waals surface area contributed by atoms with Gasteiger partial charge in [-0.05, 0) is 51.3 Å². The summed E-state index contributed by atoms with van der Waals surface area (Å²) in [4.78, 5) is 25.8. The van der Waals surface area contributed by atoms with Crippen LogP contribution in [0.1, 0.15) is 49.5 Å². The predicted molar refractivity (Wildman–Crippen MR) is 128 cm³/mol. The number of rotatable bonds is 5. The number of carbonyl (C=O) groups is 2. The van der Waals surface area contributed by atoms with E-state index in [0.29, 0.717) is 42.2 Å². The van der Waals surface area contributed by atoms with E-state index in [1.807, 2.05) is 45.0 Å². The number of furan rings is 1. The second-order valence-corrected chi connectivity index (χ2v) is 9.67. The molecule has 0 unspecified atom stereocenters. The Labute approximate surface area is 198 Å². The molecular weight excluding hydrogens is 437 g/mol. The molecule has 2 heterocycles. The molecule has 0 bridgehead atoms. The van der Waals surface area contributed by atoms with Crippen molar-refractivity contribution in [2.75, 3.05) is 13.1 Å². The van der Waals surface area contributed by atoms with Crippen LogP contribution in [0.4, 0.5) is 9.18 Å². The summed E-state index contributed by atoms with van der Waals surface area (Å²) in [6.45, 7) is 7.63. The molecule has 3 N–H and O–H groups in total. The number of fused-ring (bicyclic) bond motifs is 1. The number of amides is 2. The predicted octanol–water partition coefficient (Wildman–Crippen LogP) is 4.83. The lowest BCUT2D eigenvalue weighted by atomic mass is 10.0. The Hall–Kier alpha value is -3.39. The number of benzene rings is 2. The molecule has 1 aliphatic heterocycles. The second kappa shape index (κ2) is 9.46. The van der Waals surface area contributed by atoms with Crippen LogP contribution in [0, 0.1) is 5.82 Å². The lowest BCUT2D eigenvalue weighted by Crippen LogP contribution is -2.46. The first-order valence-corrected chi connectivity index (χ1v) is 11.4. The van der Waals surface area contributed by atoms with Crippen LogP contribution in [0.2, 0.25) is 0 Å². The minimum absolute atomic E-state index is 0.0993. The van der Waals surface area contributed by atoms with Gasteiger partial charge in [-0.25, -0.2) is 9.18 Å². The van der Waals surface area contributed by atoms with Crippen LogP contribution in [0.3, 0.4) is 0 Å². The maximum Gasteiger partial charge on any atom is 0.410 e. The van der Waals surface area contributed by atoms with Crippen molar-refractivity contribution in [1.82, 2.24) is 10.2 Å². The Bertz CT molecular complexity index is 1190. The average molecular weight is 468 g/mol. The number of halogens is 1. The molecule has 0 saturated carbocycles. The Morgan fingerprint density at radius 2 is 1.85 bits per heavy atom. The van der Waals surface area contributed by atoms with Crippen LogP contribution in [0.15, 0.2) is 47.1 Å². The highest BCUT2D eigenvalue weighted by Crippen LogP contribution is 2.34. The first kappa shape index (κ1) is 23.8. The van der Waals surface area contributed by atoms with Gasteiger partial charge in [0.2, 0.25) is 5.91 Å². The topological polar surface area (TPSA) is 97.8 Å². The van der Waals surface area contributed by atoms with Gasteiger partial charge in [0.15, 0.2) is 0 Å². The molecule has 2 aromatic carbocycles. The Morgan fingerprint density at radius 3 is 2.47 bits per heavy atom. The summed E-state index contributed by atoms with van der Waals surface area (Å²) < 4.78 is 24.9. The second-order valence-electron chi connectivity index (χ2n) is 9.67. The minimum Gasteiger partial charge on any atom is -0.463 e. The van der Waals surface area contributed by atoms with Gasteiger partial charge >= 0.3 is 6.09 Å². The fraction of sp³-hybridized carbons (Fsp3) is 0.385. The van der Waals surface area contributed by atoms with Gasteiger partial charge in [-0.3, -0.25) is 4.79 Å². The summed E-state index contributed by atoms with van der Waals surface area (Å²) in [6, 6.07) is 10.6. The summed E-state index contributed by atoms with van der Waals surface area (Å²) in [7, 11) is 0. The van der Waals surface area contributed by atoms with Crippen molar-refractivity contribution in [3.63, 3.8) is 0 Å². The highest BCUT2D eigenvalue weighted by molar-refractivity contribution is 6.10. The summed E-state index contributed by atoms with van der Waals surface area (Å²) in [6.07, 6.45) is 2.90. The van der Waals surface area contributed by atoms with Gasteiger partial charge < -0.3 is 25.1 Å². The van der Waals surface area contributed by atoms with Crippen LogP contribution in [0.5, 0.6) is 0 Å². The van der Waals surface area contributed by atoms with Gasteiger partial charge in [-0.2, -0.15) is 0 Å². The van der Waals surface area contributed by atoms with Crippen molar-refractivity contribution >= 4 is 22.8 Å². The molecule has 8 heteroatoms. The van der Waals surface area contributed by atoms with E-state index in [9.17, 15) is 14.0 Å². The van der Waals surface area contributed by atoms with E-state index in [-0.39, 0.29) is 11.7 Å². The molecule has 2 amide bonds. The Kier molecular flexibility index (Phi) is 6.61. The quantitative estimate of drug-likeness (QED) is 0.560. The van der Waals surface area contributed by atoms with Gasteiger partial charge in [0.05, 0.1) is 11.8 Å². The number of nitrogens with one attached hydrogen (secondary N) is 1. The standard InChI is InChI=1S/C26H30FN3O4/c1-26(2,3)34-25(32)30-10-8-20(9-11-30)29-14-16-4-6-17(7-5-16)23-22-18(15-33-23)12-19(27)13-21(22)24(28)31/h4-7,12-13,15,20,29H,8-11,14H2,1-3H3,(H2,28,31). The van der Waals surface area contributed by atoms with Crippen molar-refractivity contribution < 1.29 is 23.1 Å². The summed E-state index contributed by atoms with van der Waals surface area (Å²) in [5.74, 6) is -0.754. The van der Waals surface area contributed by atoms with Crippen LogP contribution < -0.4 is 11.1 Å². The number of piperidine rings is 1. The molecule has 0 atom stereocenters. The fourth-order valence-electron chi connectivity index (χ4n) is 4.19. The summed E-state index contributed by atoms with van der Waals surface area (Å²) in [5, 5.41) is 4.56. The third-order valence-corrected chi connectivity index (χ3v) is 5.89. The van der Waals surface area contributed by atoms with Crippen LogP contribution in [0.25, 0.3) is 22.1 Å². The fourth-order valence-corrected chi connectivity index (χ4v) is 4.19. The number of carbonyl (C=O) groups excluding carboxylic acids is 2. The van der Waals surface area contributed by atoms with Crippen molar-refractivity contribution in [1.29, 1.82) is 0 Å². The lowest BCUT2D eigenvalue weighted by Gasteiger charge is -2.33. The third kappa shape index (κ3) is 5.39. The average Bonchev–Trinajstić information content (AvgIpc) is 3.20. The van der Waals surface area contributed by atoms with Crippen molar-refractivity contribution in [2.24, 2.45) is 5.73 Å². The normalized spacial score (nSPS) is 15.0. The molecule has 1 aliphatic rings. The van der Waals surface area contributed by atoms with Gasteiger partial charge in [0.25, 0.3) is 0 Å². The molecule has 4 rings (SSSR count). The van der Waals surface area contributed by atoms with Crippen LogP contribution >= 0.6 is 0 Å². The number of primary amides is 1. The van der Waals surface area contributed by atoms with Gasteiger partial charge in [-0.15, -0.1) is 0 Å². The largest absolute Gasteiger partial charge is 0.463 e. The highest BCUT2D eigenvalue weighted by atomic mass is 19.1. The van der Waals surface area contributed by atoms with Gasteiger partial charge in [0.1, 0.15) is 17.2 Å². The number of likely N-dealkylation sites (tertiary alicyclic amines) is 1. The highest BCUT2D eigenvalue weighted by Gasteiger charge is 2.26. The maximum atomic E-state index is 13.8. The monoisotopic (exact) mass is 467 g/mol. The molecule has 7 nitrogen and oxygen atoms in total. The number of hydrogen-bond donors (Lipinski definition) is 2. The molecule has 0 spiro atoms. The van der Waals surface area contributed by atoms with E-state index < -0.39 is 17.3 Å². The Morgan fingerprint density at radius 1 is 1.18 bits per heavy atom. The molecule has 0 aliphatic carbocycles.